The molecule has 1 aromatic carbocycles. The summed E-state index contributed by atoms with van der Waals surface area (Å²) in [6.45, 7) is 3.31. The molecule has 0 radical (unpaired) electrons. The highest BCUT2D eigenvalue weighted by molar-refractivity contribution is 7.89. The van der Waals surface area contributed by atoms with Gasteiger partial charge in [0, 0.05) is 17.5 Å². The summed E-state index contributed by atoms with van der Waals surface area (Å²) in [6, 6.07) is 4.27. The largest absolute Gasteiger partial charge is 0.352 e. The molecular weight excluding hydrogens is 428 g/mol. The normalized spacial score (nSPS) is 19.2. The van der Waals surface area contributed by atoms with Gasteiger partial charge in [-0.05, 0) is 51.2 Å². The summed E-state index contributed by atoms with van der Waals surface area (Å²) >= 11 is 0. The van der Waals surface area contributed by atoms with Crippen LogP contribution in [0.5, 0.6) is 0 Å². The number of hydrogen-bond acceptors (Lipinski definition) is 6. The van der Waals surface area contributed by atoms with Crippen molar-refractivity contribution in [3.05, 3.63) is 29.7 Å². The molecule has 2 N–H and O–H groups in total. The molecule has 1 unspecified atom stereocenters. The number of benzene rings is 1. The Bertz CT molecular complexity index is 1050. The van der Waals surface area contributed by atoms with Crippen LogP contribution in [0.4, 0.5) is 0 Å². The first-order chi connectivity index (χ1) is 15.3. The number of amides is 1. The maximum Gasteiger partial charge on any atom is 0.241 e. The van der Waals surface area contributed by atoms with Gasteiger partial charge >= 0.3 is 0 Å². The average molecular weight is 461 g/mol. The third-order valence-electron chi connectivity index (χ3n) is 6.28. The molecule has 4 rings (SSSR count). The molecule has 8 nitrogen and oxygen atoms in total. The maximum absolute atomic E-state index is 13.1. The van der Waals surface area contributed by atoms with Crippen molar-refractivity contribution < 1.29 is 17.7 Å². The van der Waals surface area contributed by atoms with E-state index in [0.717, 1.165) is 38.5 Å². The van der Waals surface area contributed by atoms with Crippen LogP contribution >= 0.6 is 0 Å². The standard InChI is InChI=1S/C23H32N4O4S/c1-15-10-11-18(21-25-23(31-26-21)17-12-13-17)14-20(15)32(29,30)27-16(2)22(28)24-19-8-6-4-3-5-7-9-19/h10-11,14,16-17,19,27H,3-9,12-13H2,1-2H3,(H,24,28). The Kier molecular flexibility index (Phi) is 6.95. The Morgan fingerprint density at radius 2 is 1.78 bits per heavy atom. The Morgan fingerprint density at radius 3 is 2.47 bits per heavy atom. The minimum absolute atomic E-state index is 0.110. The van der Waals surface area contributed by atoms with Gasteiger partial charge < -0.3 is 9.84 Å². The molecule has 1 atom stereocenters. The van der Waals surface area contributed by atoms with Gasteiger partial charge in [0.05, 0.1) is 10.9 Å². The summed E-state index contributed by atoms with van der Waals surface area (Å²) in [6.07, 6.45) is 9.78. The number of aryl methyl sites for hydroxylation is 1. The second-order valence-corrected chi connectivity index (χ2v) is 10.8. The minimum Gasteiger partial charge on any atom is -0.352 e. The molecule has 32 heavy (non-hydrogen) atoms. The molecule has 1 heterocycles. The van der Waals surface area contributed by atoms with Crippen molar-refractivity contribution in [3.8, 4) is 11.4 Å². The molecule has 0 spiro atoms. The van der Waals surface area contributed by atoms with Crippen LogP contribution in [0.25, 0.3) is 11.4 Å². The molecule has 2 aromatic rings. The fraction of sp³-hybridized carbons (Fsp3) is 0.609. The van der Waals surface area contributed by atoms with E-state index in [1.807, 2.05) is 0 Å². The SMILES string of the molecule is Cc1ccc(-c2noc(C3CC3)n2)cc1S(=O)(=O)NC(C)C(=O)NC1CCCCCCC1. The molecule has 2 aliphatic rings. The maximum atomic E-state index is 13.1. The van der Waals surface area contributed by atoms with Crippen molar-refractivity contribution in [2.75, 3.05) is 0 Å². The Balaban J connectivity index is 1.45. The minimum atomic E-state index is -3.91. The van der Waals surface area contributed by atoms with E-state index >= 15 is 0 Å². The highest BCUT2D eigenvalue weighted by atomic mass is 32.2. The first-order valence-electron chi connectivity index (χ1n) is 11.6. The number of rotatable bonds is 7. The summed E-state index contributed by atoms with van der Waals surface area (Å²) in [4.78, 5) is 17.2. The average Bonchev–Trinajstić information content (AvgIpc) is 3.46. The lowest BCUT2D eigenvalue weighted by Gasteiger charge is -2.23. The van der Waals surface area contributed by atoms with Gasteiger partial charge in [-0.15, -0.1) is 0 Å². The van der Waals surface area contributed by atoms with Gasteiger partial charge in [-0.1, -0.05) is 49.4 Å². The zero-order valence-electron chi connectivity index (χ0n) is 18.8. The van der Waals surface area contributed by atoms with Crippen LogP contribution in [0.2, 0.25) is 0 Å². The number of aromatic nitrogens is 2. The Hall–Kier alpha value is -2.26. The van der Waals surface area contributed by atoms with E-state index in [1.54, 1.807) is 32.0 Å². The van der Waals surface area contributed by atoms with Crippen LogP contribution in [-0.4, -0.2) is 36.5 Å². The van der Waals surface area contributed by atoms with Gasteiger partial charge in [-0.3, -0.25) is 4.79 Å². The van der Waals surface area contributed by atoms with Crippen molar-refractivity contribution in [1.29, 1.82) is 0 Å². The van der Waals surface area contributed by atoms with Crippen molar-refractivity contribution in [2.45, 2.75) is 94.5 Å². The summed E-state index contributed by atoms with van der Waals surface area (Å²) in [7, 11) is -3.91. The van der Waals surface area contributed by atoms with E-state index in [0.29, 0.717) is 28.8 Å². The number of hydrogen-bond donors (Lipinski definition) is 2. The lowest BCUT2D eigenvalue weighted by Crippen LogP contribution is -2.48. The fourth-order valence-corrected chi connectivity index (χ4v) is 5.63. The van der Waals surface area contributed by atoms with E-state index in [4.69, 9.17) is 4.52 Å². The molecule has 2 aliphatic carbocycles. The summed E-state index contributed by atoms with van der Waals surface area (Å²) < 4.78 is 34.1. The summed E-state index contributed by atoms with van der Waals surface area (Å²) in [5, 5.41) is 7.04. The van der Waals surface area contributed by atoms with Crippen LogP contribution in [0.15, 0.2) is 27.6 Å². The van der Waals surface area contributed by atoms with Gasteiger partial charge in [-0.2, -0.15) is 9.71 Å². The molecule has 2 saturated carbocycles. The molecular formula is C23H32N4O4S. The summed E-state index contributed by atoms with van der Waals surface area (Å²) in [5.41, 5.74) is 1.15. The van der Waals surface area contributed by atoms with Gasteiger partial charge in [0.15, 0.2) is 0 Å². The first-order valence-corrected chi connectivity index (χ1v) is 13.1. The van der Waals surface area contributed by atoms with E-state index < -0.39 is 16.1 Å². The number of nitrogens with one attached hydrogen (secondary N) is 2. The molecule has 0 aliphatic heterocycles. The third kappa shape index (κ3) is 5.56. The van der Waals surface area contributed by atoms with Crippen LogP contribution in [0.1, 0.15) is 82.1 Å². The van der Waals surface area contributed by atoms with Crippen LogP contribution in [-0.2, 0) is 14.8 Å². The monoisotopic (exact) mass is 460 g/mol. The van der Waals surface area contributed by atoms with E-state index in [1.165, 1.54) is 19.3 Å². The second kappa shape index (κ2) is 9.70. The predicted octanol–water partition coefficient (Wildman–Crippen LogP) is 3.82. The number of sulfonamides is 1. The number of nitrogens with zero attached hydrogens (tertiary/aromatic N) is 2. The fourth-order valence-electron chi connectivity index (χ4n) is 4.15. The van der Waals surface area contributed by atoms with Crippen molar-refractivity contribution in [3.63, 3.8) is 0 Å². The van der Waals surface area contributed by atoms with Crippen LogP contribution in [0, 0.1) is 6.92 Å². The third-order valence-corrected chi connectivity index (χ3v) is 7.96. The second-order valence-electron chi connectivity index (χ2n) is 9.10. The molecule has 0 saturated heterocycles. The molecule has 2 fully saturated rings. The smallest absolute Gasteiger partial charge is 0.241 e. The molecule has 9 heteroatoms. The summed E-state index contributed by atoms with van der Waals surface area (Å²) in [5.74, 6) is 1.00. The van der Waals surface area contributed by atoms with E-state index in [9.17, 15) is 13.2 Å². The number of carbonyl (C=O) groups excluding carboxylic acids is 1. The first kappa shape index (κ1) is 22.9. The van der Waals surface area contributed by atoms with Gasteiger partial charge in [0.1, 0.15) is 0 Å². The predicted molar refractivity (Wildman–Crippen MR) is 120 cm³/mol. The van der Waals surface area contributed by atoms with Gasteiger partial charge in [0.2, 0.25) is 27.6 Å². The highest BCUT2D eigenvalue weighted by Crippen LogP contribution is 2.39. The molecule has 0 bridgehead atoms. The van der Waals surface area contributed by atoms with Crippen molar-refractivity contribution >= 4 is 15.9 Å². The van der Waals surface area contributed by atoms with Crippen LogP contribution < -0.4 is 10.0 Å². The number of carbonyl (C=O) groups is 1. The van der Waals surface area contributed by atoms with Crippen LogP contribution in [0.3, 0.4) is 0 Å². The zero-order valence-corrected chi connectivity index (χ0v) is 19.6. The van der Waals surface area contributed by atoms with E-state index in [2.05, 4.69) is 20.2 Å². The van der Waals surface area contributed by atoms with Crippen molar-refractivity contribution in [1.82, 2.24) is 20.2 Å². The quantitative estimate of drug-likeness (QED) is 0.649. The topological polar surface area (TPSA) is 114 Å². The van der Waals surface area contributed by atoms with Gasteiger partial charge in [-0.25, -0.2) is 8.42 Å². The van der Waals surface area contributed by atoms with E-state index in [-0.39, 0.29) is 16.8 Å². The highest BCUT2D eigenvalue weighted by Gasteiger charge is 2.30. The lowest BCUT2D eigenvalue weighted by atomic mass is 9.96. The molecule has 1 amide bonds. The zero-order chi connectivity index (χ0) is 22.7. The Morgan fingerprint density at radius 1 is 1.09 bits per heavy atom. The molecule has 1 aromatic heterocycles. The molecule has 174 valence electrons. The Labute approximate surface area is 189 Å². The lowest BCUT2D eigenvalue weighted by molar-refractivity contribution is -0.123. The van der Waals surface area contributed by atoms with Gasteiger partial charge in [0.25, 0.3) is 0 Å². The van der Waals surface area contributed by atoms with Crippen molar-refractivity contribution in [2.24, 2.45) is 0 Å².